The summed E-state index contributed by atoms with van der Waals surface area (Å²) in [4.78, 5) is 0. The summed E-state index contributed by atoms with van der Waals surface area (Å²) < 4.78 is 17.5. The summed E-state index contributed by atoms with van der Waals surface area (Å²) in [6.45, 7) is 8.16. The minimum Gasteiger partial charge on any atom is -0.490 e. The molecule has 4 nitrogen and oxygen atoms in total. The van der Waals surface area contributed by atoms with E-state index < -0.39 is 5.79 Å². The summed E-state index contributed by atoms with van der Waals surface area (Å²) in [7, 11) is 0. The van der Waals surface area contributed by atoms with E-state index in [9.17, 15) is 0 Å². The molecule has 4 heteroatoms. The van der Waals surface area contributed by atoms with Crippen LogP contribution < -0.4 is 10.1 Å². The van der Waals surface area contributed by atoms with Crippen LogP contribution in [0.4, 0.5) is 0 Å². The Morgan fingerprint density at radius 1 is 1.19 bits per heavy atom. The summed E-state index contributed by atoms with van der Waals surface area (Å²) in [5, 5.41) is 3.69. The number of ether oxygens (including phenoxy) is 3. The number of nitrogens with one attached hydrogen (secondary N) is 1. The Labute approximate surface area is 158 Å². The Bertz CT molecular complexity index is 554. The zero-order chi connectivity index (χ0) is 18.4. The molecule has 1 aliphatic heterocycles. The van der Waals surface area contributed by atoms with E-state index in [1.807, 2.05) is 26.0 Å². The average molecular weight is 362 g/mol. The first kappa shape index (κ1) is 19.7. The lowest BCUT2D eigenvalue weighted by Gasteiger charge is -2.25. The second kappa shape index (κ2) is 9.20. The quantitative estimate of drug-likeness (QED) is 0.731. The summed E-state index contributed by atoms with van der Waals surface area (Å²) in [6, 6.07) is 8.84. The monoisotopic (exact) mass is 361 g/mol. The van der Waals surface area contributed by atoms with Crippen LogP contribution in [-0.2, 0) is 16.0 Å². The molecule has 1 N–H and O–H groups in total. The number of rotatable bonds is 8. The smallest absolute Gasteiger partial charge is 0.163 e. The third-order valence-electron chi connectivity index (χ3n) is 5.52. The van der Waals surface area contributed by atoms with Gasteiger partial charge in [0.05, 0.1) is 6.61 Å². The third-order valence-corrected chi connectivity index (χ3v) is 5.52. The maximum absolute atomic E-state index is 6.05. The van der Waals surface area contributed by atoms with Crippen molar-refractivity contribution in [1.29, 1.82) is 0 Å². The van der Waals surface area contributed by atoms with Crippen molar-refractivity contribution < 1.29 is 14.2 Å². The Balaban J connectivity index is 1.46. The highest BCUT2D eigenvalue weighted by molar-refractivity contribution is 5.33. The molecule has 2 aliphatic rings. The van der Waals surface area contributed by atoms with Crippen LogP contribution in [0, 0.1) is 5.92 Å². The van der Waals surface area contributed by atoms with Crippen molar-refractivity contribution in [2.75, 3.05) is 13.2 Å². The highest BCUT2D eigenvalue weighted by atomic mass is 16.7. The fourth-order valence-corrected chi connectivity index (χ4v) is 4.11. The Kier molecular flexibility index (Phi) is 6.96. The van der Waals surface area contributed by atoms with Gasteiger partial charge in [-0.25, -0.2) is 0 Å². The van der Waals surface area contributed by atoms with Gasteiger partial charge in [0.25, 0.3) is 0 Å². The molecule has 0 radical (unpaired) electrons. The second-order valence-electron chi connectivity index (χ2n) is 8.39. The van der Waals surface area contributed by atoms with Gasteiger partial charge < -0.3 is 19.5 Å². The van der Waals surface area contributed by atoms with Crippen LogP contribution in [0.2, 0.25) is 0 Å². The minimum atomic E-state index is -0.496. The SMILES string of the molecule is C[C@@H](CC1CCCCC1)NCc1ccccc1OC[C@H]1COC(C)(C)O1. The second-order valence-corrected chi connectivity index (χ2v) is 8.39. The van der Waals surface area contributed by atoms with Gasteiger partial charge in [-0.3, -0.25) is 0 Å². The molecule has 0 bridgehead atoms. The molecule has 0 amide bonds. The van der Waals surface area contributed by atoms with E-state index in [0.29, 0.717) is 19.3 Å². The van der Waals surface area contributed by atoms with Crippen LogP contribution in [0.1, 0.15) is 64.9 Å². The Morgan fingerprint density at radius 2 is 1.96 bits per heavy atom. The van der Waals surface area contributed by atoms with Crippen molar-refractivity contribution in [3.63, 3.8) is 0 Å². The predicted octanol–water partition coefficient (Wildman–Crippen LogP) is 4.67. The largest absolute Gasteiger partial charge is 0.490 e. The first-order valence-electron chi connectivity index (χ1n) is 10.3. The zero-order valence-corrected chi connectivity index (χ0v) is 16.6. The normalized spacial score (nSPS) is 24.5. The fraction of sp³-hybridized carbons (Fsp3) is 0.727. The van der Waals surface area contributed by atoms with Gasteiger partial charge >= 0.3 is 0 Å². The van der Waals surface area contributed by atoms with Crippen LogP contribution in [0.5, 0.6) is 5.75 Å². The van der Waals surface area contributed by atoms with Crippen molar-refractivity contribution in [3.8, 4) is 5.75 Å². The summed E-state index contributed by atoms with van der Waals surface area (Å²) in [5.74, 6) is 1.35. The molecule has 1 saturated carbocycles. The molecule has 1 saturated heterocycles. The first-order valence-corrected chi connectivity index (χ1v) is 10.3. The minimum absolute atomic E-state index is 0.00348. The molecule has 1 aliphatic carbocycles. The van der Waals surface area contributed by atoms with Crippen LogP contribution in [0.25, 0.3) is 0 Å². The lowest BCUT2D eigenvalue weighted by molar-refractivity contribution is -0.141. The van der Waals surface area contributed by atoms with E-state index in [-0.39, 0.29) is 6.10 Å². The maximum Gasteiger partial charge on any atom is 0.163 e. The van der Waals surface area contributed by atoms with Gasteiger partial charge in [0.2, 0.25) is 0 Å². The van der Waals surface area contributed by atoms with E-state index in [1.165, 1.54) is 44.1 Å². The van der Waals surface area contributed by atoms with Crippen LogP contribution >= 0.6 is 0 Å². The van der Waals surface area contributed by atoms with Crippen LogP contribution in [-0.4, -0.2) is 31.1 Å². The molecule has 26 heavy (non-hydrogen) atoms. The molecule has 0 unspecified atom stereocenters. The fourth-order valence-electron chi connectivity index (χ4n) is 4.11. The van der Waals surface area contributed by atoms with Crippen molar-refractivity contribution in [2.24, 2.45) is 5.92 Å². The lowest BCUT2D eigenvalue weighted by atomic mass is 9.85. The molecule has 1 heterocycles. The van der Waals surface area contributed by atoms with Crippen molar-refractivity contribution in [3.05, 3.63) is 29.8 Å². The molecular formula is C22H35NO3. The van der Waals surface area contributed by atoms with Gasteiger partial charge in [0.1, 0.15) is 18.5 Å². The van der Waals surface area contributed by atoms with Crippen LogP contribution in [0.15, 0.2) is 24.3 Å². The van der Waals surface area contributed by atoms with Crippen LogP contribution in [0.3, 0.4) is 0 Å². The van der Waals surface area contributed by atoms with E-state index in [0.717, 1.165) is 18.2 Å². The number of para-hydroxylation sites is 1. The van der Waals surface area contributed by atoms with Crippen molar-refractivity contribution in [2.45, 2.75) is 83.8 Å². The first-order chi connectivity index (χ1) is 12.5. The predicted molar refractivity (Wildman–Crippen MR) is 104 cm³/mol. The van der Waals surface area contributed by atoms with Gasteiger partial charge in [0, 0.05) is 18.2 Å². The zero-order valence-electron chi connectivity index (χ0n) is 16.6. The lowest BCUT2D eigenvalue weighted by Crippen LogP contribution is -2.29. The number of hydrogen-bond donors (Lipinski definition) is 1. The molecule has 2 fully saturated rings. The summed E-state index contributed by atoms with van der Waals surface area (Å²) >= 11 is 0. The standard InChI is InChI=1S/C22H35NO3/c1-17(13-18-9-5-4-6-10-18)23-14-19-11-7-8-12-21(19)24-15-20-16-25-22(2,3)26-20/h7-8,11-12,17-18,20,23H,4-6,9-10,13-16H2,1-3H3/t17-,20-/m0/s1. The molecular weight excluding hydrogens is 326 g/mol. The number of benzene rings is 1. The molecule has 1 aromatic rings. The topological polar surface area (TPSA) is 39.7 Å². The third kappa shape index (κ3) is 5.97. The molecule has 2 atom stereocenters. The Morgan fingerprint density at radius 3 is 2.69 bits per heavy atom. The van der Waals surface area contributed by atoms with E-state index in [4.69, 9.17) is 14.2 Å². The number of hydrogen-bond acceptors (Lipinski definition) is 4. The molecule has 0 aromatic heterocycles. The van der Waals surface area contributed by atoms with E-state index in [2.05, 4.69) is 24.4 Å². The molecule has 1 aromatic carbocycles. The average Bonchev–Trinajstić information content (AvgIpc) is 2.98. The van der Waals surface area contributed by atoms with E-state index in [1.54, 1.807) is 0 Å². The molecule has 3 rings (SSSR count). The van der Waals surface area contributed by atoms with Crippen molar-refractivity contribution in [1.82, 2.24) is 5.32 Å². The summed E-state index contributed by atoms with van der Waals surface area (Å²) in [6.07, 6.45) is 8.35. The van der Waals surface area contributed by atoms with Gasteiger partial charge in [-0.15, -0.1) is 0 Å². The summed E-state index contributed by atoms with van der Waals surface area (Å²) in [5.41, 5.74) is 1.21. The van der Waals surface area contributed by atoms with Gasteiger partial charge in [0.15, 0.2) is 5.79 Å². The van der Waals surface area contributed by atoms with Crippen molar-refractivity contribution >= 4 is 0 Å². The maximum atomic E-state index is 6.05. The van der Waals surface area contributed by atoms with Gasteiger partial charge in [-0.1, -0.05) is 50.3 Å². The highest BCUT2D eigenvalue weighted by Gasteiger charge is 2.33. The van der Waals surface area contributed by atoms with Gasteiger partial charge in [-0.05, 0) is 39.2 Å². The van der Waals surface area contributed by atoms with Gasteiger partial charge in [-0.2, -0.15) is 0 Å². The molecule has 0 spiro atoms. The van der Waals surface area contributed by atoms with E-state index >= 15 is 0 Å². The molecule has 146 valence electrons. The highest BCUT2D eigenvalue weighted by Crippen LogP contribution is 2.28. The Hall–Kier alpha value is -1.10.